The van der Waals surface area contributed by atoms with Crippen LogP contribution < -0.4 is 4.74 Å². The molecule has 4 aromatic heterocycles. The molecule has 4 heterocycles. The van der Waals surface area contributed by atoms with Crippen LogP contribution in [0.2, 0.25) is 0 Å². The van der Waals surface area contributed by atoms with E-state index in [1.54, 1.807) is 25.6 Å². The number of hydrogen-bond donors (Lipinski definition) is 1. The minimum Gasteiger partial charge on any atom is -0.475 e. The molecular formula is C21H23FN6O2. The van der Waals surface area contributed by atoms with E-state index in [4.69, 9.17) is 9.47 Å². The first kappa shape index (κ1) is 20.0. The van der Waals surface area contributed by atoms with Gasteiger partial charge in [0.15, 0.2) is 0 Å². The van der Waals surface area contributed by atoms with Gasteiger partial charge in [-0.15, -0.1) is 0 Å². The molecule has 4 rings (SSSR count). The SMILES string of the molecule is CCn1cc(Cc2ccc(Cc3c[nH]c4ncnc(OCCOC)c34)c(F)n2)cn1. The van der Waals surface area contributed by atoms with Crippen molar-refractivity contribution in [1.82, 2.24) is 29.7 Å². The second-order valence-corrected chi connectivity index (χ2v) is 6.87. The monoisotopic (exact) mass is 410 g/mol. The van der Waals surface area contributed by atoms with Gasteiger partial charge in [0.25, 0.3) is 0 Å². The molecule has 0 aromatic carbocycles. The van der Waals surface area contributed by atoms with Crippen LogP contribution in [0.15, 0.2) is 37.1 Å². The van der Waals surface area contributed by atoms with Crippen molar-refractivity contribution >= 4 is 11.0 Å². The van der Waals surface area contributed by atoms with Crippen molar-refractivity contribution in [3.63, 3.8) is 0 Å². The van der Waals surface area contributed by atoms with Crippen LogP contribution in [0.4, 0.5) is 4.39 Å². The molecule has 0 aliphatic rings. The van der Waals surface area contributed by atoms with Gasteiger partial charge < -0.3 is 14.5 Å². The highest BCUT2D eigenvalue weighted by atomic mass is 19.1. The number of aryl methyl sites for hydroxylation is 1. The van der Waals surface area contributed by atoms with Crippen LogP contribution in [0, 0.1) is 5.95 Å². The number of aromatic nitrogens is 6. The van der Waals surface area contributed by atoms with Crippen molar-refractivity contribution in [2.45, 2.75) is 26.3 Å². The minimum atomic E-state index is -0.483. The molecule has 0 radical (unpaired) electrons. The third-order valence-electron chi connectivity index (χ3n) is 4.80. The molecule has 156 valence electrons. The second-order valence-electron chi connectivity index (χ2n) is 6.87. The van der Waals surface area contributed by atoms with Gasteiger partial charge >= 0.3 is 0 Å². The average molecular weight is 410 g/mol. The van der Waals surface area contributed by atoms with Gasteiger partial charge in [-0.3, -0.25) is 4.68 Å². The topological polar surface area (TPSA) is 90.7 Å². The zero-order valence-corrected chi connectivity index (χ0v) is 16.9. The Bertz CT molecular complexity index is 1140. The molecule has 0 unspecified atom stereocenters. The summed E-state index contributed by atoms with van der Waals surface area (Å²) >= 11 is 0. The maximum absolute atomic E-state index is 14.7. The largest absolute Gasteiger partial charge is 0.475 e. The Balaban J connectivity index is 1.54. The number of aromatic amines is 1. The zero-order chi connectivity index (χ0) is 20.9. The summed E-state index contributed by atoms with van der Waals surface area (Å²) in [5, 5.41) is 4.98. The molecular weight excluding hydrogens is 387 g/mol. The highest BCUT2D eigenvalue weighted by Crippen LogP contribution is 2.27. The van der Waals surface area contributed by atoms with Gasteiger partial charge in [0.2, 0.25) is 11.8 Å². The summed E-state index contributed by atoms with van der Waals surface area (Å²) in [6.07, 6.45) is 7.85. The number of rotatable bonds is 9. The van der Waals surface area contributed by atoms with E-state index in [1.807, 2.05) is 23.9 Å². The van der Waals surface area contributed by atoms with Gasteiger partial charge in [-0.2, -0.15) is 9.49 Å². The molecule has 0 bridgehead atoms. The third kappa shape index (κ3) is 4.30. The molecule has 4 aromatic rings. The number of H-pyrrole nitrogens is 1. The lowest BCUT2D eigenvalue weighted by Gasteiger charge is -2.08. The van der Waals surface area contributed by atoms with Crippen molar-refractivity contribution in [2.24, 2.45) is 0 Å². The predicted octanol–water partition coefficient (Wildman–Crippen LogP) is 2.92. The molecule has 8 nitrogen and oxygen atoms in total. The number of halogens is 1. The molecule has 0 saturated heterocycles. The van der Waals surface area contributed by atoms with E-state index >= 15 is 0 Å². The second kappa shape index (κ2) is 9.00. The average Bonchev–Trinajstić information content (AvgIpc) is 3.37. The van der Waals surface area contributed by atoms with Crippen molar-refractivity contribution in [2.75, 3.05) is 20.3 Å². The van der Waals surface area contributed by atoms with Crippen molar-refractivity contribution in [3.8, 4) is 5.88 Å². The lowest BCUT2D eigenvalue weighted by atomic mass is 10.1. The molecule has 0 fully saturated rings. The molecule has 0 saturated carbocycles. The fourth-order valence-corrected chi connectivity index (χ4v) is 3.28. The van der Waals surface area contributed by atoms with E-state index in [9.17, 15) is 4.39 Å². The first-order chi connectivity index (χ1) is 14.7. The summed E-state index contributed by atoms with van der Waals surface area (Å²) in [7, 11) is 1.61. The van der Waals surface area contributed by atoms with Gasteiger partial charge in [-0.25, -0.2) is 15.0 Å². The van der Waals surface area contributed by atoms with E-state index in [-0.39, 0.29) is 0 Å². The Morgan fingerprint density at radius 2 is 2.03 bits per heavy atom. The predicted molar refractivity (Wildman–Crippen MR) is 109 cm³/mol. The van der Waals surface area contributed by atoms with E-state index in [2.05, 4.69) is 25.0 Å². The van der Waals surface area contributed by atoms with Crippen LogP contribution in [-0.2, 0) is 24.1 Å². The minimum absolute atomic E-state index is 0.348. The van der Waals surface area contributed by atoms with Crippen LogP contribution in [0.25, 0.3) is 11.0 Å². The molecule has 0 amide bonds. The van der Waals surface area contributed by atoms with Gasteiger partial charge in [0.05, 0.1) is 18.2 Å². The third-order valence-corrected chi connectivity index (χ3v) is 4.80. The van der Waals surface area contributed by atoms with Crippen LogP contribution >= 0.6 is 0 Å². The van der Waals surface area contributed by atoms with Gasteiger partial charge in [0.1, 0.15) is 18.6 Å². The van der Waals surface area contributed by atoms with Crippen molar-refractivity contribution in [1.29, 1.82) is 0 Å². The summed E-state index contributed by atoms with van der Waals surface area (Å²) in [5.74, 6) is -0.0327. The summed E-state index contributed by atoms with van der Waals surface area (Å²) in [6, 6.07) is 3.62. The smallest absolute Gasteiger partial charge is 0.226 e. The number of nitrogens with one attached hydrogen (secondary N) is 1. The van der Waals surface area contributed by atoms with Gasteiger partial charge in [0, 0.05) is 50.1 Å². The standard InChI is InChI=1S/C21H23FN6O2/c1-3-28-12-14(10-26-28)8-17-5-4-15(19(22)27-17)9-16-11-23-20-18(16)21(25-13-24-20)30-7-6-29-2/h4-5,10-13H,3,6-9H2,1-2H3,(H,23,24,25). The maximum Gasteiger partial charge on any atom is 0.226 e. The van der Waals surface area contributed by atoms with E-state index in [0.29, 0.717) is 48.8 Å². The molecule has 0 atom stereocenters. The van der Waals surface area contributed by atoms with E-state index < -0.39 is 5.95 Å². The maximum atomic E-state index is 14.7. The van der Waals surface area contributed by atoms with Crippen LogP contribution in [0.3, 0.4) is 0 Å². The first-order valence-electron chi connectivity index (χ1n) is 9.76. The Hall–Kier alpha value is -3.33. The first-order valence-corrected chi connectivity index (χ1v) is 9.76. The van der Waals surface area contributed by atoms with Crippen LogP contribution in [0.1, 0.15) is 29.3 Å². The Morgan fingerprint density at radius 3 is 2.80 bits per heavy atom. The lowest BCUT2D eigenvalue weighted by Crippen LogP contribution is -2.06. The fraction of sp³-hybridized carbons (Fsp3) is 0.333. The number of fused-ring (bicyclic) bond motifs is 1. The van der Waals surface area contributed by atoms with Crippen LogP contribution in [-0.4, -0.2) is 50.0 Å². The van der Waals surface area contributed by atoms with Gasteiger partial charge in [-0.1, -0.05) is 6.07 Å². The molecule has 0 aliphatic heterocycles. The number of ether oxygens (including phenoxy) is 2. The van der Waals surface area contributed by atoms with Gasteiger partial charge in [-0.05, 0) is 24.1 Å². The number of hydrogen-bond acceptors (Lipinski definition) is 6. The molecule has 0 aliphatic carbocycles. The number of pyridine rings is 1. The molecule has 1 N–H and O–H groups in total. The fourth-order valence-electron chi connectivity index (χ4n) is 3.28. The summed E-state index contributed by atoms with van der Waals surface area (Å²) in [5.41, 5.74) is 3.65. The number of nitrogens with zero attached hydrogens (tertiary/aromatic N) is 5. The Kier molecular flexibility index (Phi) is 5.99. The Labute approximate surface area is 173 Å². The highest BCUT2D eigenvalue weighted by Gasteiger charge is 2.15. The molecule has 0 spiro atoms. The zero-order valence-electron chi connectivity index (χ0n) is 16.9. The quantitative estimate of drug-likeness (QED) is 0.337. The van der Waals surface area contributed by atoms with E-state index in [1.165, 1.54) is 6.33 Å². The van der Waals surface area contributed by atoms with Crippen LogP contribution in [0.5, 0.6) is 5.88 Å². The van der Waals surface area contributed by atoms with Crippen molar-refractivity contribution in [3.05, 3.63) is 65.4 Å². The normalized spacial score (nSPS) is 11.3. The van der Waals surface area contributed by atoms with E-state index in [0.717, 1.165) is 23.1 Å². The highest BCUT2D eigenvalue weighted by molar-refractivity contribution is 5.85. The lowest BCUT2D eigenvalue weighted by molar-refractivity contribution is 0.144. The Morgan fingerprint density at radius 1 is 1.13 bits per heavy atom. The molecule has 30 heavy (non-hydrogen) atoms. The van der Waals surface area contributed by atoms with Crippen molar-refractivity contribution < 1.29 is 13.9 Å². The molecule has 9 heteroatoms. The summed E-state index contributed by atoms with van der Waals surface area (Å²) in [6.45, 7) is 3.63. The summed E-state index contributed by atoms with van der Waals surface area (Å²) in [4.78, 5) is 15.7. The summed E-state index contributed by atoms with van der Waals surface area (Å²) < 4.78 is 27.3. The number of methoxy groups -OCH3 is 1.